The second-order valence-corrected chi connectivity index (χ2v) is 5.84. The van der Waals surface area contributed by atoms with Gasteiger partial charge in [0.1, 0.15) is 0 Å². The van der Waals surface area contributed by atoms with E-state index >= 15 is 0 Å². The second-order valence-electron chi connectivity index (χ2n) is 4.98. The molecule has 0 aliphatic carbocycles. The lowest BCUT2D eigenvalue weighted by Gasteiger charge is -2.12. The minimum Gasteiger partial charge on any atom is -0.493 e. The standard InChI is InChI=1S/C18H19BrN2O3/c1-4-24-17-15(19)9-13(10-16(17)23-3)11-20-21-18(22)14-8-6-5-7-12(14)2/h5-11H,4H2,1-3H3,(H,21,22)/b20-11-. The number of nitrogens with zero attached hydrogens (tertiary/aromatic N) is 1. The van der Waals surface area contributed by atoms with E-state index in [9.17, 15) is 4.79 Å². The molecule has 0 saturated heterocycles. The number of carbonyl (C=O) groups excluding carboxylic acids is 1. The number of rotatable bonds is 6. The molecule has 6 heteroatoms. The van der Waals surface area contributed by atoms with E-state index in [0.29, 0.717) is 23.7 Å². The quantitative estimate of drug-likeness (QED) is 0.600. The molecule has 126 valence electrons. The van der Waals surface area contributed by atoms with Crippen LogP contribution in [0.3, 0.4) is 0 Å². The monoisotopic (exact) mass is 390 g/mol. The summed E-state index contributed by atoms with van der Waals surface area (Å²) in [4.78, 5) is 12.1. The van der Waals surface area contributed by atoms with Gasteiger partial charge in [-0.25, -0.2) is 5.43 Å². The highest BCUT2D eigenvalue weighted by atomic mass is 79.9. The third-order valence-corrected chi connectivity index (χ3v) is 3.90. The van der Waals surface area contributed by atoms with Gasteiger partial charge in [0.15, 0.2) is 11.5 Å². The fourth-order valence-electron chi connectivity index (χ4n) is 2.15. The average Bonchev–Trinajstić information content (AvgIpc) is 2.57. The molecule has 0 unspecified atom stereocenters. The van der Waals surface area contributed by atoms with Crippen LogP contribution in [-0.2, 0) is 0 Å². The van der Waals surface area contributed by atoms with Crippen LogP contribution in [0.1, 0.15) is 28.4 Å². The summed E-state index contributed by atoms with van der Waals surface area (Å²) in [6, 6.07) is 11.0. The summed E-state index contributed by atoms with van der Waals surface area (Å²) in [6.07, 6.45) is 1.55. The molecule has 0 spiro atoms. The molecule has 24 heavy (non-hydrogen) atoms. The van der Waals surface area contributed by atoms with Crippen LogP contribution in [0.15, 0.2) is 46.0 Å². The third-order valence-electron chi connectivity index (χ3n) is 3.31. The number of methoxy groups -OCH3 is 1. The normalized spacial score (nSPS) is 10.7. The summed E-state index contributed by atoms with van der Waals surface area (Å²) in [5, 5.41) is 4.01. The van der Waals surface area contributed by atoms with Gasteiger partial charge in [-0.05, 0) is 59.1 Å². The van der Waals surface area contributed by atoms with Crippen molar-refractivity contribution in [3.8, 4) is 11.5 Å². The predicted molar refractivity (Wildman–Crippen MR) is 98.1 cm³/mol. The van der Waals surface area contributed by atoms with Crippen LogP contribution < -0.4 is 14.9 Å². The summed E-state index contributed by atoms with van der Waals surface area (Å²) in [6.45, 7) is 4.32. The Morgan fingerprint density at radius 2 is 2.08 bits per heavy atom. The van der Waals surface area contributed by atoms with Gasteiger partial charge in [0, 0.05) is 5.56 Å². The Kier molecular flexibility index (Phi) is 6.37. The molecule has 0 saturated carbocycles. The highest BCUT2D eigenvalue weighted by Crippen LogP contribution is 2.36. The lowest BCUT2D eigenvalue weighted by Crippen LogP contribution is -2.18. The van der Waals surface area contributed by atoms with E-state index in [-0.39, 0.29) is 5.91 Å². The number of carbonyl (C=O) groups is 1. The van der Waals surface area contributed by atoms with E-state index in [4.69, 9.17) is 9.47 Å². The molecule has 0 heterocycles. The molecule has 0 aliphatic rings. The predicted octanol–water partition coefficient (Wildman–Crippen LogP) is 3.93. The van der Waals surface area contributed by atoms with Gasteiger partial charge in [0.05, 0.1) is 24.4 Å². The number of benzene rings is 2. The van der Waals surface area contributed by atoms with Crippen molar-refractivity contribution in [3.05, 3.63) is 57.6 Å². The number of hydrogen-bond donors (Lipinski definition) is 1. The van der Waals surface area contributed by atoms with Crippen molar-refractivity contribution in [1.82, 2.24) is 5.43 Å². The van der Waals surface area contributed by atoms with Crippen LogP contribution in [0.25, 0.3) is 0 Å². The first-order valence-corrected chi connectivity index (χ1v) is 8.25. The van der Waals surface area contributed by atoms with E-state index in [1.54, 1.807) is 25.5 Å². The minimum atomic E-state index is -0.249. The van der Waals surface area contributed by atoms with E-state index in [1.165, 1.54) is 0 Å². The number of ether oxygens (including phenoxy) is 2. The van der Waals surface area contributed by atoms with Gasteiger partial charge in [-0.15, -0.1) is 0 Å². The fourth-order valence-corrected chi connectivity index (χ4v) is 2.73. The summed E-state index contributed by atoms with van der Waals surface area (Å²) >= 11 is 3.45. The maximum absolute atomic E-state index is 12.1. The maximum atomic E-state index is 12.1. The molecule has 0 fully saturated rings. The van der Waals surface area contributed by atoms with Crippen molar-refractivity contribution in [3.63, 3.8) is 0 Å². The number of aryl methyl sites for hydroxylation is 1. The van der Waals surface area contributed by atoms with Crippen LogP contribution in [0.2, 0.25) is 0 Å². The van der Waals surface area contributed by atoms with E-state index in [1.807, 2.05) is 38.1 Å². The summed E-state index contributed by atoms with van der Waals surface area (Å²) < 4.78 is 11.6. The molecule has 0 radical (unpaired) electrons. The van der Waals surface area contributed by atoms with Gasteiger partial charge in [-0.2, -0.15) is 5.10 Å². The van der Waals surface area contributed by atoms with Crippen molar-refractivity contribution in [2.45, 2.75) is 13.8 Å². The highest BCUT2D eigenvalue weighted by molar-refractivity contribution is 9.10. The largest absolute Gasteiger partial charge is 0.493 e. The molecule has 0 aliphatic heterocycles. The zero-order valence-electron chi connectivity index (χ0n) is 13.8. The average molecular weight is 391 g/mol. The van der Waals surface area contributed by atoms with Crippen molar-refractivity contribution in [2.24, 2.45) is 5.10 Å². The first kappa shape index (κ1) is 18.0. The Bertz CT molecular complexity index is 760. The van der Waals surface area contributed by atoms with E-state index in [2.05, 4.69) is 26.5 Å². The molecular weight excluding hydrogens is 372 g/mol. The zero-order valence-corrected chi connectivity index (χ0v) is 15.4. The van der Waals surface area contributed by atoms with Gasteiger partial charge in [0.2, 0.25) is 0 Å². The Morgan fingerprint density at radius 3 is 2.75 bits per heavy atom. The van der Waals surface area contributed by atoms with Crippen LogP contribution in [-0.4, -0.2) is 25.8 Å². The van der Waals surface area contributed by atoms with Crippen LogP contribution >= 0.6 is 15.9 Å². The van der Waals surface area contributed by atoms with E-state index in [0.717, 1.165) is 15.6 Å². The van der Waals surface area contributed by atoms with Crippen LogP contribution in [0.5, 0.6) is 11.5 Å². The van der Waals surface area contributed by atoms with Gasteiger partial charge < -0.3 is 9.47 Å². The number of halogens is 1. The lowest BCUT2D eigenvalue weighted by atomic mass is 10.1. The number of amides is 1. The molecule has 2 aromatic rings. The highest BCUT2D eigenvalue weighted by Gasteiger charge is 2.11. The molecule has 5 nitrogen and oxygen atoms in total. The molecule has 1 N–H and O–H groups in total. The second kappa shape index (κ2) is 8.49. The van der Waals surface area contributed by atoms with Crippen LogP contribution in [0, 0.1) is 6.92 Å². The minimum absolute atomic E-state index is 0.249. The summed E-state index contributed by atoms with van der Waals surface area (Å²) in [7, 11) is 1.57. The zero-order chi connectivity index (χ0) is 17.5. The molecule has 0 atom stereocenters. The lowest BCUT2D eigenvalue weighted by molar-refractivity contribution is 0.0954. The maximum Gasteiger partial charge on any atom is 0.271 e. The number of nitrogens with one attached hydrogen (secondary N) is 1. The summed E-state index contributed by atoms with van der Waals surface area (Å²) in [5.74, 6) is 0.986. The molecule has 0 bridgehead atoms. The Labute approximate surface area is 149 Å². The van der Waals surface area contributed by atoms with Crippen LogP contribution in [0.4, 0.5) is 0 Å². The Balaban J connectivity index is 2.13. The first-order chi connectivity index (χ1) is 11.6. The number of hydrogen-bond acceptors (Lipinski definition) is 4. The number of hydrazone groups is 1. The Morgan fingerprint density at radius 1 is 1.33 bits per heavy atom. The van der Waals surface area contributed by atoms with E-state index < -0.39 is 0 Å². The van der Waals surface area contributed by atoms with Gasteiger partial charge in [0.25, 0.3) is 5.91 Å². The van der Waals surface area contributed by atoms with Gasteiger partial charge in [-0.1, -0.05) is 18.2 Å². The molecule has 0 aromatic heterocycles. The van der Waals surface area contributed by atoms with Crippen molar-refractivity contribution in [2.75, 3.05) is 13.7 Å². The van der Waals surface area contributed by atoms with Gasteiger partial charge in [-0.3, -0.25) is 4.79 Å². The fraction of sp³-hybridized carbons (Fsp3) is 0.222. The van der Waals surface area contributed by atoms with Crippen molar-refractivity contribution >= 4 is 28.1 Å². The van der Waals surface area contributed by atoms with Crippen molar-refractivity contribution < 1.29 is 14.3 Å². The smallest absolute Gasteiger partial charge is 0.271 e. The first-order valence-electron chi connectivity index (χ1n) is 7.46. The molecular formula is C18H19BrN2O3. The molecule has 1 amide bonds. The Hall–Kier alpha value is -2.34. The van der Waals surface area contributed by atoms with Gasteiger partial charge >= 0.3 is 0 Å². The SMILES string of the molecule is CCOc1c(Br)cc(/C=N\NC(=O)c2ccccc2C)cc1OC. The summed E-state index contributed by atoms with van der Waals surface area (Å²) in [5.41, 5.74) is 4.79. The topological polar surface area (TPSA) is 59.9 Å². The molecule has 2 rings (SSSR count). The molecule has 2 aromatic carbocycles. The third kappa shape index (κ3) is 4.35. The van der Waals surface area contributed by atoms with Crippen molar-refractivity contribution in [1.29, 1.82) is 0 Å².